The number of nitrogens with one attached hydrogen (secondary N) is 2. The van der Waals surface area contributed by atoms with Gasteiger partial charge in [0.1, 0.15) is 24.4 Å². The van der Waals surface area contributed by atoms with Gasteiger partial charge < -0.3 is 11.1 Å². The van der Waals surface area contributed by atoms with Crippen molar-refractivity contribution in [3.05, 3.63) is 36.2 Å². The monoisotopic (exact) mass is 408 g/mol. The molecule has 30 heavy (non-hydrogen) atoms. The Morgan fingerprint density at radius 3 is 2.53 bits per heavy atom. The predicted octanol–water partition coefficient (Wildman–Crippen LogP) is 1.13. The lowest BCUT2D eigenvalue weighted by molar-refractivity contribution is -0.121. The number of hydrazine groups is 1. The second-order valence-electron chi connectivity index (χ2n) is 7.42. The molecule has 0 spiro atoms. The van der Waals surface area contributed by atoms with Crippen LogP contribution >= 0.6 is 0 Å². The Morgan fingerprint density at radius 1 is 1.10 bits per heavy atom. The first-order chi connectivity index (χ1) is 14.6. The molecule has 0 atom stereocenters. The van der Waals surface area contributed by atoms with E-state index in [1.54, 1.807) is 24.3 Å². The van der Waals surface area contributed by atoms with E-state index in [2.05, 4.69) is 25.8 Å². The molecule has 1 aliphatic rings. The second kappa shape index (κ2) is 8.46. The molecule has 2 heterocycles. The number of aromatic nitrogens is 4. The number of nitrogens with zero attached hydrogens (tertiary/aromatic N) is 4. The summed E-state index contributed by atoms with van der Waals surface area (Å²) in [7, 11) is 0. The van der Waals surface area contributed by atoms with Crippen LogP contribution in [0.2, 0.25) is 0 Å². The molecule has 156 valence electrons. The molecule has 1 aliphatic carbocycles. The summed E-state index contributed by atoms with van der Waals surface area (Å²) in [5.74, 6) is 4.95. The van der Waals surface area contributed by atoms with Gasteiger partial charge in [0.25, 0.3) is 11.8 Å². The SMILES string of the molecule is NNC(=O)Cn1nc(-c2ccc(C(=O)NC3CCCCC3)cc2)c2c(N)ncnc21. The van der Waals surface area contributed by atoms with E-state index in [4.69, 9.17) is 11.6 Å². The van der Waals surface area contributed by atoms with Crippen molar-refractivity contribution in [3.63, 3.8) is 0 Å². The number of anilines is 1. The van der Waals surface area contributed by atoms with Gasteiger partial charge in [-0.15, -0.1) is 0 Å². The summed E-state index contributed by atoms with van der Waals surface area (Å²) in [6.45, 7) is -0.106. The van der Waals surface area contributed by atoms with E-state index in [1.807, 2.05) is 0 Å². The van der Waals surface area contributed by atoms with Gasteiger partial charge in [-0.2, -0.15) is 5.10 Å². The van der Waals surface area contributed by atoms with Gasteiger partial charge in [-0.05, 0) is 25.0 Å². The number of nitrogens with two attached hydrogens (primary N) is 2. The number of fused-ring (bicyclic) bond motifs is 1. The van der Waals surface area contributed by atoms with Crippen LogP contribution in [0.25, 0.3) is 22.3 Å². The van der Waals surface area contributed by atoms with Gasteiger partial charge in [-0.25, -0.2) is 20.5 Å². The van der Waals surface area contributed by atoms with Crippen molar-refractivity contribution in [2.75, 3.05) is 5.73 Å². The summed E-state index contributed by atoms with van der Waals surface area (Å²) in [5.41, 5.74) is 10.4. The van der Waals surface area contributed by atoms with E-state index in [0.29, 0.717) is 22.3 Å². The van der Waals surface area contributed by atoms with Crippen LogP contribution < -0.4 is 22.3 Å². The zero-order valence-corrected chi connectivity index (χ0v) is 16.5. The van der Waals surface area contributed by atoms with Gasteiger partial charge in [-0.3, -0.25) is 15.0 Å². The fraction of sp³-hybridized carbons (Fsp3) is 0.350. The smallest absolute Gasteiger partial charge is 0.255 e. The summed E-state index contributed by atoms with van der Waals surface area (Å²) in [6, 6.07) is 7.36. The third kappa shape index (κ3) is 3.94. The van der Waals surface area contributed by atoms with Gasteiger partial charge in [0.2, 0.25) is 0 Å². The van der Waals surface area contributed by atoms with Crippen molar-refractivity contribution in [3.8, 4) is 11.3 Å². The molecule has 1 aromatic carbocycles. The van der Waals surface area contributed by atoms with Crippen LogP contribution in [0.5, 0.6) is 0 Å². The maximum Gasteiger partial charge on any atom is 0.255 e. The molecule has 2 amide bonds. The van der Waals surface area contributed by atoms with Crippen LogP contribution in [-0.4, -0.2) is 37.6 Å². The van der Waals surface area contributed by atoms with Crippen LogP contribution in [0.4, 0.5) is 5.82 Å². The molecule has 4 rings (SSSR count). The van der Waals surface area contributed by atoms with E-state index >= 15 is 0 Å². The Balaban J connectivity index is 1.62. The molecule has 6 N–H and O–H groups in total. The Kier molecular flexibility index (Phi) is 5.57. The van der Waals surface area contributed by atoms with Crippen LogP contribution in [0.1, 0.15) is 42.5 Å². The summed E-state index contributed by atoms with van der Waals surface area (Å²) in [6.07, 6.45) is 6.93. The van der Waals surface area contributed by atoms with Gasteiger partial charge >= 0.3 is 0 Å². The van der Waals surface area contributed by atoms with Crippen LogP contribution in [-0.2, 0) is 11.3 Å². The average molecular weight is 408 g/mol. The Labute approximate surface area is 173 Å². The first-order valence-electron chi connectivity index (χ1n) is 9.94. The molecule has 10 heteroatoms. The van der Waals surface area contributed by atoms with Crippen molar-refractivity contribution in [2.24, 2.45) is 5.84 Å². The number of nitrogen functional groups attached to an aromatic ring is 1. The van der Waals surface area contributed by atoms with Gasteiger partial charge in [0.05, 0.1) is 5.39 Å². The summed E-state index contributed by atoms with van der Waals surface area (Å²) < 4.78 is 1.43. The van der Waals surface area contributed by atoms with E-state index < -0.39 is 5.91 Å². The molecule has 0 unspecified atom stereocenters. The van der Waals surface area contributed by atoms with E-state index in [1.165, 1.54) is 17.4 Å². The minimum absolute atomic E-state index is 0.0775. The molecule has 3 aromatic rings. The highest BCUT2D eigenvalue weighted by Crippen LogP contribution is 2.30. The lowest BCUT2D eigenvalue weighted by atomic mass is 9.95. The van der Waals surface area contributed by atoms with Gasteiger partial charge in [-0.1, -0.05) is 31.4 Å². The third-order valence-corrected chi connectivity index (χ3v) is 5.37. The lowest BCUT2D eigenvalue weighted by Gasteiger charge is -2.22. The van der Waals surface area contributed by atoms with Crippen molar-refractivity contribution in [1.29, 1.82) is 0 Å². The van der Waals surface area contributed by atoms with Crippen LogP contribution in [0.15, 0.2) is 30.6 Å². The Morgan fingerprint density at radius 2 is 1.83 bits per heavy atom. The highest BCUT2D eigenvalue weighted by atomic mass is 16.2. The molecule has 0 bridgehead atoms. The quantitative estimate of drug-likeness (QED) is 0.280. The predicted molar refractivity (Wildman–Crippen MR) is 112 cm³/mol. The topological polar surface area (TPSA) is 154 Å². The van der Waals surface area contributed by atoms with Gasteiger partial charge in [0.15, 0.2) is 5.65 Å². The molecule has 0 radical (unpaired) electrons. The molecule has 0 aliphatic heterocycles. The highest BCUT2D eigenvalue weighted by molar-refractivity contribution is 5.99. The number of carbonyl (C=O) groups excluding carboxylic acids is 2. The maximum atomic E-state index is 12.6. The maximum absolute atomic E-state index is 12.6. The standard InChI is InChI=1S/C20H24N8O2/c21-18-16-17(27-28(10-15(29)26-22)19(16)24-11-23-18)12-6-8-13(9-7-12)20(30)25-14-4-2-1-3-5-14/h6-9,11,14H,1-5,10,22H2,(H,25,30)(H,26,29)(H2,21,23,24). The zero-order valence-electron chi connectivity index (χ0n) is 16.5. The minimum Gasteiger partial charge on any atom is -0.383 e. The molecule has 0 saturated heterocycles. The van der Waals surface area contributed by atoms with E-state index in [9.17, 15) is 9.59 Å². The number of rotatable bonds is 5. The summed E-state index contributed by atoms with van der Waals surface area (Å²) >= 11 is 0. The minimum atomic E-state index is -0.419. The van der Waals surface area contributed by atoms with E-state index in [-0.39, 0.29) is 24.3 Å². The zero-order chi connectivity index (χ0) is 21.1. The average Bonchev–Trinajstić information content (AvgIpc) is 3.14. The van der Waals surface area contributed by atoms with E-state index in [0.717, 1.165) is 31.2 Å². The van der Waals surface area contributed by atoms with Crippen molar-refractivity contribution >= 4 is 28.7 Å². The van der Waals surface area contributed by atoms with Crippen molar-refractivity contribution in [2.45, 2.75) is 44.7 Å². The second-order valence-corrected chi connectivity index (χ2v) is 7.42. The Hall–Kier alpha value is -3.53. The van der Waals surface area contributed by atoms with Gasteiger partial charge in [0, 0.05) is 17.2 Å². The fourth-order valence-electron chi connectivity index (χ4n) is 3.82. The van der Waals surface area contributed by atoms with Crippen LogP contribution in [0.3, 0.4) is 0 Å². The molecule has 2 aromatic heterocycles. The molecule has 1 fully saturated rings. The largest absolute Gasteiger partial charge is 0.383 e. The summed E-state index contributed by atoms with van der Waals surface area (Å²) in [5, 5.41) is 8.15. The lowest BCUT2D eigenvalue weighted by Crippen LogP contribution is -2.36. The van der Waals surface area contributed by atoms with Crippen molar-refractivity contribution in [1.82, 2.24) is 30.5 Å². The molecular weight excluding hydrogens is 384 g/mol. The molecule has 1 saturated carbocycles. The normalized spacial score (nSPS) is 14.6. The number of benzene rings is 1. The number of amides is 2. The first kappa shape index (κ1) is 19.8. The summed E-state index contributed by atoms with van der Waals surface area (Å²) in [4.78, 5) is 32.5. The first-order valence-corrected chi connectivity index (χ1v) is 9.94. The Bertz CT molecular complexity index is 1070. The number of carbonyl (C=O) groups is 2. The fourth-order valence-corrected chi connectivity index (χ4v) is 3.82. The number of hydrogen-bond acceptors (Lipinski definition) is 7. The number of hydrogen-bond donors (Lipinski definition) is 4. The molecular formula is C20H24N8O2. The third-order valence-electron chi connectivity index (χ3n) is 5.37. The molecule has 10 nitrogen and oxygen atoms in total. The van der Waals surface area contributed by atoms with Crippen molar-refractivity contribution < 1.29 is 9.59 Å². The van der Waals surface area contributed by atoms with Crippen LogP contribution in [0, 0.1) is 0 Å². The highest BCUT2D eigenvalue weighted by Gasteiger charge is 2.20.